The highest BCUT2D eigenvalue weighted by atomic mass is 32.2. The van der Waals surface area contributed by atoms with Crippen LogP contribution >= 0.6 is 0 Å². The molecular formula is C17H19NO3S. The molecule has 5 heteroatoms. The molecule has 1 atom stereocenters. The van der Waals surface area contributed by atoms with Crippen LogP contribution < -0.4 is 9.46 Å². The maximum absolute atomic E-state index is 12.5. The number of hydrogen-bond acceptors (Lipinski definition) is 3. The number of benzene rings is 2. The van der Waals surface area contributed by atoms with E-state index in [1.54, 1.807) is 18.2 Å². The molecule has 1 aliphatic heterocycles. The molecule has 0 aromatic heterocycles. The van der Waals surface area contributed by atoms with E-state index in [0.29, 0.717) is 11.5 Å². The van der Waals surface area contributed by atoms with Crippen LogP contribution in [0.15, 0.2) is 53.4 Å². The van der Waals surface area contributed by atoms with Crippen LogP contribution in [-0.4, -0.2) is 15.0 Å². The van der Waals surface area contributed by atoms with Crippen molar-refractivity contribution in [1.82, 2.24) is 4.72 Å². The minimum absolute atomic E-state index is 0.279. The van der Waals surface area contributed by atoms with E-state index >= 15 is 0 Å². The first-order chi connectivity index (χ1) is 10.6. The van der Waals surface area contributed by atoms with Gasteiger partial charge in [-0.05, 0) is 49.1 Å². The zero-order valence-electron chi connectivity index (χ0n) is 12.5. The van der Waals surface area contributed by atoms with E-state index in [-0.39, 0.29) is 6.04 Å². The van der Waals surface area contributed by atoms with Crippen molar-refractivity contribution in [3.8, 4) is 5.75 Å². The number of hydrogen-bond donors (Lipinski definition) is 1. The monoisotopic (exact) mass is 317 g/mol. The van der Waals surface area contributed by atoms with E-state index in [4.69, 9.17) is 4.74 Å². The molecule has 1 N–H and O–H groups in total. The van der Waals surface area contributed by atoms with E-state index in [1.165, 1.54) is 0 Å². The summed E-state index contributed by atoms with van der Waals surface area (Å²) in [5.41, 5.74) is 1.90. The highest BCUT2D eigenvalue weighted by Crippen LogP contribution is 2.27. The van der Waals surface area contributed by atoms with Gasteiger partial charge in [-0.1, -0.05) is 30.3 Å². The summed E-state index contributed by atoms with van der Waals surface area (Å²) in [5.74, 6) is 0.793. The second-order valence-electron chi connectivity index (χ2n) is 5.48. The number of fused-ring (bicyclic) bond motifs is 1. The molecule has 1 aliphatic rings. The molecule has 1 heterocycles. The summed E-state index contributed by atoms with van der Waals surface area (Å²) in [6.07, 6.45) is 1.78. The van der Waals surface area contributed by atoms with E-state index in [1.807, 2.05) is 37.3 Å². The summed E-state index contributed by atoms with van der Waals surface area (Å²) in [6, 6.07) is 14.3. The summed E-state index contributed by atoms with van der Waals surface area (Å²) < 4.78 is 33.4. The van der Waals surface area contributed by atoms with Crippen LogP contribution in [0.3, 0.4) is 0 Å². The highest BCUT2D eigenvalue weighted by molar-refractivity contribution is 7.89. The van der Waals surface area contributed by atoms with Gasteiger partial charge in [-0.15, -0.1) is 0 Å². The Morgan fingerprint density at radius 3 is 2.68 bits per heavy atom. The number of ether oxygens (including phenoxy) is 1. The van der Waals surface area contributed by atoms with Crippen molar-refractivity contribution < 1.29 is 13.2 Å². The Morgan fingerprint density at radius 2 is 1.91 bits per heavy atom. The Hall–Kier alpha value is -1.85. The van der Waals surface area contributed by atoms with Crippen LogP contribution in [0.1, 0.15) is 30.5 Å². The van der Waals surface area contributed by atoms with Gasteiger partial charge in [-0.2, -0.15) is 0 Å². The van der Waals surface area contributed by atoms with Crippen molar-refractivity contribution in [3.63, 3.8) is 0 Å². The molecule has 0 saturated carbocycles. The average molecular weight is 317 g/mol. The van der Waals surface area contributed by atoms with Crippen LogP contribution in [0.2, 0.25) is 0 Å². The second-order valence-corrected chi connectivity index (χ2v) is 7.19. The molecule has 116 valence electrons. The summed E-state index contributed by atoms with van der Waals surface area (Å²) in [5, 5.41) is 0. The Bertz CT molecular complexity index is 757. The fourth-order valence-corrected chi connectivity index (χ4v) is 3.90. The predicted molar refractivity (Wildman–Crippen MR) is 85.4 cm³/mol. The fourth-order valence-electron chi connectivity index (χ4n) is 2.61. The quantitative estimate of drug-likeness (QED) is 0.943. The van der Waals surface area contributed by atoms with Gasteiger partial charge in [0.25, 0.3) is 0 Å². The van der Waals surface area contributed by atoms with Crippen LogP contribution in [0, 0.1) is 0 Å². The molecule has 3 rings (SSSR count). The molecule has 0 radical (unpaired) electrons. The Kier molecular flexibility index (Phi) is 4.18. The maximum Gasteiger partial charge on any atom is 0.241 e. The molecule has 1 unspecified atom stereocenters. The van der Waals surface area contributed by atoms with Crippen molar-refractivity contribution in [3.05, 3.63) is 59.7 Å². The van der Waals surface area contributed by atoms with Crippen molar-refractivity contribution in [2.24, 2.45) is 0 Å². The largest absolute Gasteiger partial charge is 0.493 e. The molecule has 0 aliphatic carbocycles. The van der Waals surface area contributed by atoms with Gasteiger partial charge in [0, 0.05) is 6.04 Å². The zero-order valence-corrected chi connectivity index (χ0v) is 13.3. The van der Waals surface area contributed by atoms with E-state index in [0.717, 1.165) is 29.7 Å². The normalized spacial score (nSPS) is 15.7. The first kappa shape index (κ1) is 15.1. The lowest BCUT2D eigenvalue weighted by Gasteiger charge is -2.19. The smallest absolute Gasteiger partial charge is 0.241 e. The second kappa shape index (κ2) is 6.10. The molecule has 0 spiro atoms. The van der Waals surface area contributed by atoms with E-state index < -0.39 is 10.0 Å². The summed E-state index contributed by atoms with van der Waals surface area (Å²) in [7, 11) is -3.55. The van der Waals surface area contributed by atoms with Crippen molar-refractivity contribution in [2.45, 2.75) is 30.7 Å². The van der Waals surface area contributed by atoms with Gasteiger partial charge in [0.15, 0.2) is 0 Å². The van der Waals surface area contributed by atoms with Crippen molar-refractivity contribution >= 4 is 10.0 Å². The third-order valence-electron chi connectivity index (χ3n) is 3.82. The number of nitrogens with one attached hydrogen (secondary N) is 1. The molecule has 4 nitrogen and oxygen atoms in total. The topological polar surface area (TPSA) is 55.4 Å². The summed E-state index contributed by atoms with van der Waals surface area (Å²) >= 11 is 0. The van der Waals surface area contributed by atoms with Crippen LogP contribution in [0.5, 0.6) is 5.75 Å². The van der Waals surface area contributed by atoms with Gasteiger partial charge >= 0.3 is 0 Å². The fraction of sp³-hybridized carbons (Fsp3) is 0.294. The molecule has 0 amide bonds. The summed E-state index contributed by atoms with van der Waals surface area (Å²) in [6.45, 7) is 2.54. The van der Waals surface area contributed by atoms with Crippen molar-refractivity contribution in [1.29, 1.82) is 0 Å². The van der Waals surface area contributed by atoms with Gasteiger partial charge in [-0.25, -0.2) is 13.1 Å². The minimum atomic E-state index is -3.55. The maximum atomic E-state index is 12.5. The minimum Gasteiger partial charge on any atom is -0.493 e. The van der Waals surface area contributed by atoms with Gasteiger partial charge < -0.3 is 4.74 Å². The third kappa shape index (κ3) is 3.15. The lowest BCUT2D eigenvalue weighted by molar-refractivity contribution is 0.288. The Labute approximate surface area is 131 Å². The summed E-state index contributed by atoms with van der Waals surface area (Å²) in [4.78, 5) is 0.291. The Morgan fingerprint density at radius 1 is 1.14 bits per heavy atom. The van der Waals surface area contributed by atoms with Crippen LogP contribution in [0.25, 0.3) is 0 Å². The van der Waals surface area contributed by atoms with Crippen LogP contribution in [-0.2, 0) is 16.4 Å². The molecule has 0 fully saturated rings. The standard InChI is InChI=1S/C17H19NO3S/c1-13(14-6-3-2-4-7-14)18-22(19,20)16-9-10-17-15(12-16)8-5-11-21-17/h2-4,6-7,9-10,12-13,18H,5,8,11H2,1H3. The zero-order chi connectivity index (χ0) is 15.6. The number of rotatable bonds is 4. The molecular weight excluding hydrogens is 298 g/mol. The van der Waals surface area contributed by atoms with Gasteiger partial charge in [0.05, 0.1) is 11.5 Å². The molecule has 0 saturated heterocycles. The van der Waals surface area contributed by atoms with Crippen molar-refractivity contribution in [2.75, 3.05) is 6.61 Å². The highest BCUT2D eigenvalue weighted by Gasteiger charge is 2.20. The van der Waals surface area contributed by atoms with E-state index in [2.05, 4.69) is 4.72 Å². The predicted octanol–water partition coefficient (Wildman–Crippen LogP) is 3.05. The molecule has 2 aromatic rings. The van der Waals surface area contributed by atoms with Gasteiger partial charge in [0.1, 0.15) is 5.75 Å². The van der Waals surface area contributed by atoms with E-state index in [9.17, 15) is 8.42 Å². The molecule has 0 bridgehead atoms. The lowest BCUT2D eigenvalue weighted by atomic mass is 10.1. The average Bonchev–Trinajstić information content (AvgIpc) is 2.55. The SMILES string of the molecule is CC(NS(=O)(=O)c1ccc2c(c1)CCCO2)c1ccccc1. The number of sulfonamides is 1. The number of aryl methyl sites for hydroxylation is 1. The lowest BCUT2D eigenvalue weighted by Crippen LogP contribution is -2.27. The Balaban J connectivity index is 1.84. The van der Waals surface area contributed by atoms with Crippen LogP contribution in [0.4, 0.5) is 0 Å². The van der Waals surface area contributed by atoms with Gasteiger partial charge in [0.2, 0.25) is 10.0 Å². The third-order valence-corrected chi connectivity index (χ3v) is 5.36. The van der Waals surface area contributed by atoms with Gasteiger partial charge in [-0.3, -0.25) is 0 Å². The first-order valence-electron chi connectivity index (χ1n) is 7.39. The molecule has 22 heavy (non-hydrogen) atoms. The molecule has 2 aromatic carbocycles. The first-order valence-corrected chi connectivity index (χ1v) is 8.87.